The third-order valence-corrected chi connectivity index (χ3v) is 3.06. The lowest BCUT2D eigenvalue weighted by molar-refractivity contribution is 0.0693. The second-order valence-electron chi connectivity index (χ2n) is 4.87. The number of carbonyl (C=O) groups excluding carboxylic acids is 1. The molecule has 0 aliphatic carbocycles. The van der Waals surface area contributed by atoms with Crippen LogP contribution in [-0.2, 0) is 0 Å². The van der Waals surface area contributed by atoms with Gasteiger partial charge in [-0.1, -0.05) is 13.0 Å². The highest BCUT2D eigenvalue weighted by molar-refractivity contribution is 6.05. The van der Waals surface area contributed by atoms with Crippen LogP contribution in [0.3, 0.4) is 0 Å². The van der Waals surface area contributed by atoms with Gasteiger partial charge in [-0.15, -0.1) is 0 Å². The number of aromatic hydroxyl groups is 1. The Hall–Kier alpha value is -3.02. The normalized spacial score (nSPS) is 10.1. The zero-order valence-corrected chi connectivity index (χ0v) is 12.6. The number of anilines is 1. The van der Waals surface area contributed by atoms with Crippen LogP contribution in [-0.4, -0.2) is 28.7 Å². The van der Waals surface area contributed by atoms with Crippen molar-refractivity contribution in [2.75, 3.05) is 11.9 Å². The summed E-state index contributed by atoms with van der Waals surface area (Å²) in [4.78, 5) is 23.0. The van der Waals surface area contributed by atoms with Crippen LogP contribution in [0.2, 0.25) is 0 Å². The second kappa shape index (κ2) is 7.31. The van der Waals surface area contributed by atoms with Crippen LogP contribution in [0.5, 0.6) is 11.5 Å². The molecule has 2 rings (SSSR count). The van der Waals surface area contributed by atoms with Gasteiger partial charge in [-0.25, -0.2) is 4.79 Å². The zero-order chi connectivity index (χ0) is 16.8. The molecule has 2 aromatic rings. The smallest absolute Gasteiger partial charge is 0.339 e. The van der Waals surface area contributed by atoms with Gasteiger partial charge in [-0.05, 0) is 36.8 Å². The summed E-state index contributed by atoms with van der Waals surface area (Å²) >= 11 is 0. The minimum absolute atomic E-state index is 0.224. The number of aromatic carboxylic acids is 1. The van der Waals surface area contributed by atoms with Crippen molar-refractivity contribution in [3.63, 3.8) is 0 Å². The van der Waals surface area contributed by atoms with E-state index in [0.717, 1.165) is 6.42 Å². The molecule has 0 unspecified atom stereocenters. The number of hydrogen-bond donors (Lipinski definition) is 3. The van der Waals surface area contributed by atoms with Gasteiger partial charge >= 0.3 is 5.97 Å². The summed E-state index contributed by atoms with van der Waals surface area (Å²) in [6.07, 6.45) is 0.867. The third kappa shape index (κ3) is 4.23. The molecule has 0 aliphatic rings. The zero-order valence-electron chi connectivity index (χ0n) is 12.6. The molecule has 2 aromatic carbocycles. The van der Waals surface area contributed by atoms with E-state index in [2.05, 4.69) is 5.32 Å². The van der Waals surface area contributed by atoms with Crippen LogP contribution < -0.4 is 10.1 Å². The van der Waals surface area contributed by atoms with E-state index in [9.17, 15) is 14.7 Å². The van der Waals surface area contributed by atoms with Crippen molar-refractivity contribution in [1.82, 2.24) is 0 Å². The Morgan fingerprint density at radius 3 is 2.61 bits per heavy atom. The number of phenols is 1. The Balaban J connectivity index is 2.13. The maximum Gasteiger partial charge on any atom is 0.339 e. The van der Waals surface area contributed by atoms with Crippen LogP contribution in [0.15, 0.2) is 42.5 Å². The van der Waals surface area contributed by atoms with Crippen LogP contribution in [0.25, 0.3) is 0 Å². The van der Waals surface area contributed by atoms with Gasteiger partial charge in [-0.3, -0.25) is 4.79 Å². The van der Waals surface area contributed by atoms with E-state index in [4.69, 9.17) is 9.84 Å². The van der Waals surface area contributed by atoms with Crippen LogP contribution in [0, 0.1) is 0 Å². The first-order chi connectivity index (χ1) is 11.0. The van der Waals surface area contributed by atoms with Gasteiger partial charge in [-0.2, -0.15) is 0 Å². The molecule has 0 fully saturated rings. The average molecular weight is 315 g/mol. The molecule has 0 bridgehead atoms. The number of nitrogens with one attached hydrogen (secondary N) is 1. The van der Waals surface area contributed by atoms with Gasteiger partial charge in [0, 0.05) is 17.3 Å². The third-order valence-electron chi connectivity index (χ3n) is 3.06. The van der Waals surface area contributed by atoms with E-state index in [1.54, 1.807) is 24.3 Å². The van der Waals surface area contributed by atoms with Crippen molar-refractivity contribution in [2.45, 2.75) is 13.3 Å². The monoisotopic (exact) mass is 315 g/mol. The molecule has 6 heteroatoms. The van der Waals surface area contributed by atoms with Crippen LogP contribution in [0.1, 0.15) is 34.1 Å². The fourth-order valence-electron chi connectivity index (χ4n) is 1.94. The highest BCUT2D eigenvalue weighted by atomic mass is 16.5. The highest BCUT2D eigenvalue weighted by Gasteiger charge is 2.12. The van der Waals surface area contributed by atoms with E-state index in [-0.39, 0.29) is 11.5 Å². The first-order valence-corrected chi connectivity index (χ1v) is 7.11. The molecule has 0 radical (unpaired) electrons. The number of ether oxygens (including phenoxy) is 1. The number of carbonyl (C=O) groups is 2. The van der Waals surface area contributed by atoms with Gasteiger partial charge in [0.25, 0.3) is 5.91 Å². The molecule has 0 atom stereocenters. The van der Waals surface area contributed by atoms with Gasteiger partial charge in [0.2, 0.25) is 0 Å². The lowest BCUT2D eigenvalue weighted by Crippen LogP contribution is -2.12. The van der Waals surface area contributed by atoms with E-state index in [1.165, 1.54) is 18.2 Å². The Morgan fingerprint density at radius 1 is 1.17 bits per heavy atom. The standard InChI is InChI=1S/C17H17NO5/c1-2-8-23-13-5-3-4-11(9-13)16(20)18-12-6-7-14(17(21)22)15(19)10-12/h3-7,9-10,19H,2,8H2,1H3,(H,18,20)(H,21,22). The number of benzene rings is 2. The molecular formula is C17H17NO5. The van der Waals surface area contributed by atoms with Crippen molar-refractivity contribution >= 4 is 17.6 Å². The number of hydrogen-bond acceptors (Lipinski definition) is 4. The molecular weight excluding hydrogens is 298 g/mol. The van der Waals surface area contributed by atoms with E-state index in [0.29, 0.717) is 23.6 Å². The molecule has 0 saturated heterocycles. The molecule has 23 heavy (non-hydrogen) atoms. The molecule has 3 N–H and O–H groups in total. The summed E-state index contributed by atoms with van der Waals surface area (Å²) in [5, 5.41) is 21.1. The molecule has 6 nitrogen and oxygen atoms in total. The van der Waals surface area contributed by atoms with Gasteiger partial charge < -0.3 is 20.3 Å². The topological polar surface area (TPSA) is 95.9 Å². The summed E-state index contributed by atoms with van der Waals surface area (Å²) in [5.74, 6) is -1.42. The lowest BCUT2D eigenvalue weighted by atomic mass is 10.1. The van der Waals surface area contributed by atoms with Gasteiger partial charge in [0.15, 0.2) is 0 Å². The van der Waals surface area contributed by atoms with E-state index in [1.807, 2.05) is 6.92 Å². The van der Waals surface area contributed by atoms with Crippen molar-refractivity contribution in [3.8, 4) is 11.5 Å². The minimum atomic E-state index is -1.24. The summed E-state index contributed by atoms with van der Waals surface area (Å²) < 4.78 is 5.47. The molecule has 120 valence electrons. The van der Waals surface area contributed by atoms with Crippen molar-refractivity contribution in [1.29, 1.82) is 0 Å². The summed E-state index contributed by atoms with van der Waals surface area (Å²) in [5.41, 5.74) is 0.482. The second-order valence-corrected chi connectivity index (χ2v) is 4.87. The van der Waals surface area contributed by atoms with E-state index >= 15 is 0 Å². The number of carboxylic acid groups (broad SMARTS) is 1. The first-order valence-electron chi connectivity index (χ1n) is 7.11. The number of carboxylic acids is 1. The predicted molar refractivity (Wildman–Crippen MR) is 85.2 cm³/mol. The van der Waals surface area contributed by atoms with Crippen molar-refractivity contribution < 1.29 is 24.5 Å². The first kappa shape index (κ1) is 16.4. The summed E-state index contributed by atoms with van der Waals surface area (Å²) in [6, 6.07) is 10.6. The molecule has 0 saturated carbocycles. The Bertz CT molecular complexity index is 727. The molecule has 0 heterocycles. The predicted octanol–water partition coefficient (Wildman–Crippen LogP) is 3.13. The fourth-order valence-corrected chi connectivity index (χ4v) is 1.94. The summed E-state index contributed by atoms with van der Waals surface area (Å²) in [7, 11) is 0. The van der Waals surface area contributed by atoms with Crippen LogP contribution in [0.4, 0.5) is 5.69 Å². The largest absolute Gasteiger partial charge is 0.507 e. The quantitative estimate of drug-likeness (QED) is 0.761. The molecule has 0 aromatic heterocycles. The Kier molecular flexibility index (Phi) is 5.19. The fraction of sp³-hybridized carbons (Fsp3) is 0.176. The molecule has 0 aliphatic heterocycles. The van der Waals surface area contributed by atoms with Gasteiger partial charge in [0.05, 0.1) is 6.61 Å². The number of rotatable bonds is 6. The SMILES string of the molecule is CCCOc1cccc(C(=O)Nc2ccc(C(=O)O)c(O)c2)c1. The Labute approximate surface area is 133 Å². The Morgan fingerprint density at radius 2 is 1.96 bits per heavy atom. The molecule has 0 spiro atoms. The highest BCUT2D eigenvalue weighted by Crippen LogP contribution is 2.23. The maximum absolute atomic E-state index is 12.2. The minimum Gasteiger partial charge on any atom is -0.507 e. The van der Waals surface area contributed by atoms with E-state index < -0.39 is 11.7 Å². The average Bonchev–Trinajstić information content (AvgIpc) is 2.53. The van der Waals surface area contributed by atoms with Gasteiger partial charge in [0.1, 0.15) is 17.1 Å². The summed E-state index contributed by atoms with van der Waals surface area (Å²) in [6.45, 7) is 2.55. The lowest BCUT2D eigenvalue weighted by Gasteiger charge is -2.09. The number of amides is 1. The van der Waals surface area contributed by atoms with Crippen molar-refractivity contribution in [2.24, 2.45) is 0 Å². The van der Waals surface area contributed by atoms with Crippen molar-refractivity contribution in [3.05, 3.63) is 53.6 Å². The van der Waals surface area contributed by atoms with Crippen LogP contribution >= 0.6 is 0 Å². The maximum atomic E-state index is 12.2. The molecule has 1 amide bonds.